The Hall–Kier alpha value is -2.49. The third kappa shape index (κ3) is 8.75. The Morgan fingerprint density at radius 3 is 2.48 bits per heavy atom. The number of rotatable bonds is 9. The Morgan fingerprint density at radius 1 is 1.09 bits per heavy atom. The number of methoxy groups -OCH3 is 1. The summed E-state index contributed by atoms with van der Waals surface area (Å²) in [6.07, 6.45) is 4.84. The predicted molar refractivity (Wildman–Crippen MR) is 142 cm³/mol. The fourth-order valence-electron chi connectivity index (χ4n) is 3.53. The number of guanidine groups is 1. The van der Waals surface area contributed by atoms with Crippen molar-refractivity contribution in [3.05, 3.63) is 59.7 Å². The van der Waals surface area contributed by atoms with E-state index >= 15 is 0 Å². The van der Waals surface area contributed by atoms with Gasteiger partial charge in [0, 0.05) is 32.3 Å². The Bertz CT molecular complexity index is 900. The van der Waals surface area contributed by atoms with Gasteiger partial charge in [0.25, 0.3) is 0 Å². The van der Waals surface area contributed by atoms with Crippen LogP contribution < -0.4 is 20.1 Å². The number of nitrogens with zero attached hydrogens (tertiary/aromatic N) is 2. The van der Waals surface area contributed by atoms with Crippen LogP contribution in [-0.2, 0) is 17.9 Å². The lowest BCUT2D eigenvalue weighted by molar-refractivity contribution is -0.127. The molecule has 1 fully saturated rings. The van der Waals surface area contributed by atoms with Crippen molar-refractivity contribution >= 4 is 35.8 Å². The van der Waals surface area contributed by atoms with Gasteiger partial charge in [0.05, 0.1) is 26.3 Å². The van der Waals surface area contributed by atoms with Crippen LogP contribution in [0.15, 0.2) is 53.5 Å². The van der Waals surface area contributed by atoms with Gasteiger partial charge in [0.15, 0.2) is 5.96 Å². The Kier molecular flexibility index (Phi) is 11.3. The summed E-state index contributed by atoms with van der Waals surface area (Å²) in [6.45, 7) is 1.20. The van der Waals surface area contributed by atoms with Gasteiger partial charge in [-0.05, 0) is 43.4 Å². The average molecular weight is 566 g/mol. The number of aliphatic imine (C=N–C) groups is 1. The van der Waals surface area contributed by atoms with E-state index in [0.29, 0.717) is 19.0 Å². The zero-order chi connectivity index (χ0) is 22.8. The molecule has 7 nitrogen and oxygen atoms in total. The molecule has 0 heterocycles. The zero-order valence-corrected chi connectivity index (χ0v) is 22.0. The summed E-state index contributed by atoms with van der Waals surface area (Å²) in [5, 5.41) is 6.49. The van der Waals surface area contributed by atoms with E-state index in [-0.39, 0.29) is 42.5 Å². The fourth-order valence-corrected chi connectivity index (χ4v) is 3.53. The van der Waals surface area contributed by atoms with Gasteiger partial charge >= 0.3 is 0 Å². The standard InChI is InChI=1S/C25H34N4O3.HI/c1-29(2)24(30)18-28-25(26-16-19-9-5-4-6-10-19)27-17-20-13-14-22(31-3)15-23(20)32-21-11-7-8-12-21;/h4-6,9-10,13-15,21H,7-8,11-12,16-18H2,1-3H3,(H2,26,27,28);1H. The lowest BCUT2D eigenvalue weighted by Crippen LogP contribution is -2.42. The molecule has 180 valence electrons. The second-order valence-corrected chi connectivity index (χ2v) is 8.14. The normalized spacial score (nSPS) is 13.7. The molecule has 1 aliphatic rings. The highest BCUT2D eigenvalue weighted by atomic mass is 127. The number of nitrogens with one attached hydrogen (secondary N) is 2. The lowest BCUT2D eigenvalue weighted by atomic mass is 10.2. The molecule has 2 aromatic carbocycles. The van der Waals surface area contributed by atoms with Gasteiger partial charge in [-0.25, -0.2) is 4.99 Å². The topological polar surface area (TPSA) is 75.2 Å². The number of benzene rings is 2. The van der Waals surface area contributed by atoms with Gasteiger partial charge in [-0.2, -0.15) is 0 Å². The first-order valence-corrected chi connectivity index (χ1v) is 11.1. The maximum absolute atomic E-state index is 12.1. The molecular formula is C25H35IN4O3. The molecule has 2 N–H and O–H groups in total. The predicted octanol–water partition coefficient (Wildman–Crippen LogP) is 3.96. The van der Waals surface area contributed by atoms with Crippen LogP contribution in [0.25, 0.3) is 0 Å². The molecule has 8 heteroatoms. The summed E-state index contributed by atoms with van der Waals surface area (Å²) in [4.78, 5) is 18.3. The third-order valence-electron chi connectivity index (χ3n) is 5.48. The molecule has 1 amide bonds. The minimum atomic E-state index is -0.0195. The number of likely N-dealkylation sites (N-methyl/N-ethyl adjacent to an activating group) is 1. The van der Waals surface area contributed by atoms with Crippen molar-refractivity contribution < 1.29 is 14.3 Å². The van der Waals surface area contributed by atoms with Crippen LogP contribution >= 0.6 is 24.0 Å². The molecule has 1 aliphatic carbocycles. The van der Waals surface area contributed by atoms with Crippen LogP contribution in [-0.4, -0.2) is 50.6 Å². The van der Waals surface area contributed by atoms with Crippen molar-refractivity contribution in [1.29, 1.82) is 0 Å². The van der Waals surface area contributed by atoms with E-state index in [9.17, 15) is 4.79 Å². The summed E-state index contributed by atoms with van der Waals surface area (Å²) < 4.78 is 11.7. The van der Waals surface area contributed by atoms with Crippen molar-refractivity contribution in [1.82, 2.24) is 15.5 Å². The van der Waals surface area contributed by atoms with Gasteiger partial charge in [0.1, 0.15) is 11.5 Å². The van der Waals surface area contributed by atoms with Gasteiger partial charge in [0.2, 0.25) is 5.91 Å². The summed E-state index contributed by atoms with van der Waals surface area (Å²) >= 11 is 0. The van der Waals surface area contributed by atoms with Gasteiger partial charge in [-0.3, -0.25) is 4.79 Å². The monoisotopic (exact) mass is 566 g/mol. The minimum Gasteiger partial charge on any atom is -0.497 e. The number of ether oxygens (including phenoxy) is 2. The quantitative estimate of drug-likeness (QED) is 0.273. The van der Waals surface area contributed by atoms with Crippen molar-refractivity contribution in [2.24, 2.45) is 4.99 Å². The first-order chi connectivity index (χ1) is 15.5. The summed E-state index contributed by atoms with van der Waals surface area (Å²) in [7, 11) is 5.14. The van der Waals surface area contributed by atoms with Gasteiger partial charge in [-0.1, -0.05) is 30.3 Å². The van der Waals surface area contributed by atoms with Crippen molar-refractivity contribution in [3.8, 4) is 11.5 Å². The highest BCUT2D eigenvalue weighted by molar-refractivity contribution is 14.0. The molecule has 33 heavy (non-hydrogen) atoms. The number of carbonyl (C=O) groups is 1. The van der Waals surface area contributed by atoms with Crippen LogP contribution in [0.1, 0.15) is 36.8 Å². The van der Waals surface area contributed by atoms with Gasteiger partial charge < -0.3 is 25.0 Å². The van der Waals surface area contributed by atoms with E-state index in [4.69, 9.17) is 9.47 Å². The molecule has 0 atom stereocenters. The van der Waals surface area contributed by atoms with Crippen LogP contribution in [0, 0.1) is 0 Å². The molecule has 3 rings (SSSR count). The molecule has 0 saturated heterocycles. The van der Waals surface area contributed by atoms with E-state index < -0.39 is 0 Å². The van der Waals surface area contributed by atoms with Crippen molar-refractivity contribution in [2.75, 3.05) is 27.7 Å². The van der Waals surface area contributed by atoms with Gasteiger partial charge in [-0.15, -0.1) is 24.0 Å². The molecule has 0 radical (unpaired) electrons. The van der Waals surface area contributed by atoms with Crippen molar-refractivity contribution in [3.63, 3.8) is 0 Å². The zero-order valence-electron chi connectivity index (χ0n) is 19.7. The number of amides is 1. The number of halogens is 1. The molecule has 0 bridgehead atoms. The number of hydrogen-bond acceptors (Lipinski definition) is 4. The largest absolute Gasteiger partial charge is 0.497 e. The SMILES string of the molecule is COc1ccc(CNC(=NCc2ccccc2)NCC(=O)N(C)C)c(OC2CCCC2)c1.I. The second-order valence-electron chi connectivity index (χ2n) is 8.14. The molecule has 2 aromatic rings. The fraction of sp³-hybridized carbons (Fsp3) is 0.440. The van der Waals surface area contributed by atoms with Crippen LogP contribution in [0.3, 0.4) is 0 Å². The van der Waals surface area contributed by atoms with E-state index in [1.54, 1.807) is 26.1 Å². The van der Waals surface area contributed by atoms with Crippen LogP contribution in [0.5, 0.6) is 11.5 Å². The molecule has 0 aliphatic heterocycles. The van der Waals surface area contributed by atoms with E-state index in [2.05, 4.69) is 15.6 Å². The Morgan fingerprint density at radius 2 is 1.82 bits per heavy atom. The molecular weight excluding hydrogens is 531 g/mol. The van der Waals surface area contributed by atoms with E-state index in [1.165, 1.54) is 12.8 Å². The third-order valence-corrected chi connectivity index (χ3v) is 5.48. The lowest BCUT2D eigenvalue weighted by Gasteiger charge is -2.19. The minimum absolute atomic E-state index is 0. The molecule has 0 unspecified atom stereocenters. The molecule has 1 saturated carbocycles. The molecule has 0 aromatic heterocycles. The van der Waals surface area contributed by atoms with E-state index in [1.807, 2.05) is 48.5 Å². The number of carbonyl (C=O) groups excluding carboxylic acids is 1. The maximum atomic E-state index is 12.1. The van der Waals surface area contributed by atoms with Crippen LogP contribution in [0.2, 0.25) is 0 Å². The summed E-state index contributed by atoms with van der Waals surface area (Å²) in [6, 6.07) is 15.9. The maximum Gasteiger partial charge on any atom is 0.241 e. The smallest absolute Gasteiger partial charge is 0.241 e. The highest BCUT2D eigenvalue weighted by Crippen LogP contribution is 2.30. The first kappa shape index (κ1) is 26.8. The molecule has 0 spiro atoms. The highest BCUT2D eigenvalue weighted by Gasteiger charge is 2.18. The summed E-state index contributed by atoms with van der Waals surface area (Å²) in [5.74, 6) is 2.16. The Balaban J connectivity index is 0.00000385. The second kappa shape index (κ2) is 13.9. The Labute approximate surface area is 214 Å². The number of hydrogen-bond donors (Lipinski definition) is 2. The van der Waals surface area contributed by atoms with Crippen LogP contribution in [0.4, 0.5) is 0 Å². The summed E-state index contributed by atoms with van der Waals surface area (Å²) in [5.41, 5.74) is 2.12. The average Bonchev–Trinajstić information content (AvgIpc) is 3.32. The first-order valence-electron chi connectivity index (χ1n) is 11.1. The van der Waals surface area contributed by atoms with E-state index in [0.717, 1.165) is 35.5 Å². The van der Waals surface area contributed by atoms with Crippen molar-refractivity contribution in [2.45, 2.75) is 44.9 Å².